The van der Waals surface area contributed by atoms with E-state index in [-0.39, 0.29) is 0 Å². The van der Waals surface area contributed by atoms with Gasteiger partial charge in [-0.15, -0.1) is 5.92 Å². The topological polar surface area (TPSA) is 63.6 Å². The molecule has 0 fully saturated rings. The number of hydrogen-bond acceptors (Lipinski definition) is 3. The summed E-state index contributed by atoms with van der Waals surface area (Å²) in [6.07, 6.45) is 0.867. The van der Waals surface area contributed by atoms with Gasteiger partial charge in [0.05, 0.1) is 0 Å². The molecule has 0 heterocycles. The maximum absolute atomic E-state index is 9.98. The van der Waals surface area contributed by atoms with E-state index in [0.29, 0.717) is 5.57 Å². The summed E-state index contributed by atoms with van der Waals surface area (Å²) in [4.78, 5) is 0. The van der Waals surface area contributed by atoms with Crippen LogP contribution < -0.4 is 0 Å². The van der Waals surface area contributed by atoms with Gasteiger partial charge in [-0.3, -0.25) is 4.55 Å². The maximum atomic E-state index is 9.98. The number of hydrogen-bond donors (Lipinski definition) is 1. The molecule has 0 amide bonds. The lowest BCUT2D eigenvalue weighted by molar-refractivity contribution is 0.355. The Labute approximate surface area is 65.8 Å². The van der Waals surface area contributed by atoms with Crippen LogP contribution in [0.5, 0.6) is 0 Å². The van der Waals surface area contributed by atoms with Crippen LogP contribution in [0.2, 0.25) is 0 Å². The fourth-order valence-electron chi connectivity index (χ4n) is 0.360. The summed E-state index contributed by atoms with van der Waals surface area (Å²) in [6.45, 7) is 3.16. The zero-order valence-electron chi connectivity index (χ0n) is 6.16. The SMILES string of the molecule is CC#C/C(C)=C/OS(=O)(=O)O. The van der Waals surface area contributed by atoms with E-state index in [9.17, 15) is 8.42 Å². The first-order chi connectivity index (χ1) is 4.95. The molecule has 0 aliphatic heterocycles. The molecule has 62 valence electrons. The lowest BCUT2D eigenvalue weighted by Gasteiger charge is -1.92. The minimum atomic E-state index is -4.38. The molecule has 0 bridgehead atoms. The highest BCUT2D eigenvalue weighted by Crippen LogP contribution is 1.93. The van der Waals surface area contributed by atoms with Crippen LogP contribution in [0.1, 0.15) is 13.8 Å². The molecule has 0 aromatic heterocycles. The van der Waals surface area contributed by atoms with Crippen molar-refractivity contribution in [2.45, 2.75) is 13.8 Å². The first-order valence-corrected chi connectivity index (χ1v) is 4.07. The van der Waals surface area contributed by atoms with Crippen LogP contribution in [-0.2, 0) is 14.6 Å². The number of allylic oxidation sites excluding steroid dienone is 1. The van der Waals surface area contributed by atoms with Crippen molar-refractivity contribution in [2.24, 2.45) is 0 Å². The molecule has 11 heavy (non-hydrogen) atoms. The summed E-state index contributed by atoms with van der Waals surface area (Å²) < 4.78 is 32.0. The molecule has 5 heteroatoms. The fourth-order valence-corrected chi connectivity index (χ4v) is 0.626. The average Bonchev–Trinajstić information content (AvgIpc) is 1.83. The largest absolute Gasteiger partial charge is 0.445 e. The predicted molar refractivity (Wildman–Crippen MR) is 39.8 cm³/mol. The van der Waals surface area contributed by atoms with Crippen LogP contribution >= 0.6 is 0 Å². The smallest absolute Gasteiger partial charge is 0.369 e. The summed E-state index contributed by atoms with van der Waals surface area (Å²) >= 11 is 0. The summed E-state index contributed by atoms with van der Waals surface area (Å²) in [7, 11) is -4.38. The van der Waals surface area contributed by atoms with Crippen LogP contribution in [0.4, 0.5) is 0 Å². The lowest BCUT2D eigenvalue weighted by Crippen LogP contribution is -1.97. The van der Waals surface area contributed by atoms with Gasteiger partial charge < -0.3 is 4.18 Å². The van der Waals surface area contributed by atoms with Gasteiger partial charge in [0.2, 0.25) is 0 Å². The van der Waals surface area contributed by atoms with E-state index in [0.717, 1.165) is 6.26 Å². The Kier molecular flexibility index (Phi) is 3.65. The van der Waals surface area contributed by atoms with Crippen molar-refractivity contribution in [3.8, 4) is 11.8 Å². The van der Waals surface area contributed by atoms with Gasteiger partial charge in [-0.2, -0.15) is 8.42 Å². The molecular formula is C6H8O4S. The van der Waals surface area contributed by atoms with Gasteiger partial charge in [0, 0.05) is 5.57 Å². The molecule has 0 aromatic rings. The standard InChI is InChI=1S/C6H8O4S/c1-3-4-6(2)5-10-11(7,8)9/h5H,1-2H3,(H,7,8,9)/b6-5+. The highest BCUT2D eigenvalue weighted by atomic mass is 32.3. The molecular weight excluding hydrogens is 168 g/mol. The fraction of sp³-hybridized carbons (Fsp3) is 0.333. The molecule has 0 radical (unpaired) electrons. The molecule has 1 N–H and O–H groups in total. The first-order valence-electron chi connectivity index (χ1n) is 2.71. The molecule has 0 saturated heterocycles. The van der Waals surface area contributed by atoms with E-state index in [1.165, 1.54) is 0 Å². The average molecular weight is 176 g/mol. The van der Waals surface area contributed by atoms with Crippen molar-refractivity contribution in [1.29, 1.82) is 0 Å². The summed E-state index contributed by atoms with van der Waals surface area (Å²) in [5, 5.41) is 0. The molecule has 4 nitrogen and oxygen atoms in total. The van der Waals surface area contributed by atoms with Crippen molar-refractivity contribution in [3.05, 3.63) is 11.8 Å². The van der Waals surface area contributed by atoms with Crippen molar-refractivity contribution in [1.82, 2.24) is 0 Å². The van der Waals surface area contributed by atoms with E-state index in [4.69, 9.17) is 4.55 Å². The first kappa shape index (κ1) is 10.0. The maximum Gasteiger partial charge on any atom is 0.445 e. The van der Waals surface area contributed by atoms with E-state index >= 15 is 0 Å². The second-order valence-corrected chi connectivity index (χ2v) is 2.75. The van der Waals surface area contributed by atoms with Gasteiger partial charge in [-0.05, 0) is 13.8 Å². The number of rotatable bonds is 2. The van der Waals surface area contributed by atoms with Gasteiger partial charge in [0.15, 0.2) is 0 Å². The third kappa shape index (κ3) is 6.90. The molecule has 0 aliphatic rings. The summed E-state index contributed by atoms with van der Waals surface area (Å²) in [5.41, 5.74) is 0.421. The van der Waals surface area contributed by atoms with Gasteiger partial charge in [-0.25, -0.2) is 0 Å². The quantitative estimate of drug-likeness (QED) is 0.383. The predicted octanol–water partition coefficient (Wildman–Crippen LogP) is 0.733. The normalized spacial score (nSPS) is 11.7. The van der Waals surface area contributed by atoms with E-state index in [2.05, 4.69) is 16.0 Å². The molecule has 0 rings (SSSR count). The van der Waals surface area contributed by atoms with Crippen molar-refractivity contribution in [3.63, 3.8) is 0 Å². The van der Waals surface area contributed by atoms with Crippen molar-refractivity contribution < 1.29 is 17.2 Å². The Morgan fingerprint density at radius 2 is 2.18 bits per heavy atom. The zero-order valence-corrected chi connectivity index (χ0v) is 6.97. The Morgan fingerprint density at radius 3 is 2.55 bits per heavy atom. The molecule has 0 spiro atoms. The van der Waals surface area contributed by atoms with Crippen molar-refractivity contribution in [2.75, 3.05) is 0 Å². The Hall–Kier alpha value is -0.990. The molecule has 0 aliphatic carbocycles. The van der Waals surface area contributed by atoms with E-state index in [1.54, 1.807) is 13.8 Å². The van der Waals surface area contributed by atoms with Gasteiger partial charge >= 0.3 is 10.4 Å². The highest BCUT2D eigenvalue weighted by molar-refractivity contribution is 7.81. The molecule has 0 atom stereocenters. The van der Waals surface area contributed by atoms with E-state index in [1.807, 2.05) is 0 Å². The molecule has 0 saturated carbocycles. The van der Waals surface area contributed by atoms with Crippen LogP contribution in [0.3, 0.4) is 0 Å². The second-order valence-electron chi connectivity index (χ2n) is 1.70. The zero-order chi connectivity index (χ0) is 8.91. The lowest BCUT2D eigenvalue weighted by atomic mass is 10.3. The van der Waals surface area contributed by atoms with Gasteiger partial charge in [0.1, 0.15) is 6.26 Å². The van der Waals surface area contributed by atoms with Crippen LogP contribution in [0, 0.1) is 11.8 Å². The molecule has 0 unspecified atom stereocenters. The monoisotopic (exact) mass is 176 g/mol. The van der Waals surface area contributed by atoms with Crippen molar-refractivity contribution >= 4 is 10.4 Å². The van der Waals surface area contributed by atoms with Gasteiger partial charge in [-0.1, -0.05) is 5.92 Å². The Bertz CT molecular complexity index is 301. The van der Waals surface area contributed by atoms with Crippen LogP contribution in [0.25, 0.3) is 0 Å². The second kappa shape index (κ2) is 4.01. The third-order valence-corrected chi connectivity index (χ3v) is 1.01. The minimum Gasteiger partial charge on any atom is -0.369 e. The van der Waals surface area contributed by atoms with E-state index < -0.39 is 10.4 Å². The van der Waals surface area contributed by atoms with Gasteiger partial charge in [0.25, 0.3) is 0 Å². The minimum absolute atomic E-state index is 0.421. The highest BCUT2D eigenvalue weighted by Gasteiger charge is 1.99. The third-order valence-electron chi connectivity index (χ3n) is 0.669. The van der Waals surface area contributed by atoms with Crippen LogP contribution in [0.15, 0.2) is 11.8 Å². The Morgan fingerprint density at radius 1 is 1.64 bits per heavy atom. The Balaban J connectivity index is 4.23. The van der Waals surface area contributed by atoms with Crippen LogP contribution in [-0.4, -0.2) is 13.0 Å². The summed E-state index contributed by atoms with van der Waals surface area (Å²) in [6, 6.07) is 0. The molecule has 0 aromatic carbocycles. The summed E-state index contributed by atoms with van der Waals surface area (Å²) in [5.74, 6) is 5.06.